The third-order valence-corrected chi connectivity index (χ3v) is 3.75. The number of benzene rings is 1. The molecule has 0 amide bonds. The maximum absolute atomic E-state index is 12.3. The Morgan fingerprint density at radius 2 is 1.80 bits per heavy atom. The number of hydrogen-bond acceptors (Lipinski definition) is 3. The summed E-state index contributed by atoms with van der Waals surface area (Å²) >= 11 is 11.8. The molecule has 0 N–H and O–H groups in total. The van der Waals surface area contributed by atoms with Gasteiger partial charge in [-0.25, -0.2) is 0 Å². The van der Waals surface area contributed by atoms with Crippen LogP contribution in [0.25, 0.3) is 0 Å². The summed E-state index contributed by atoms with van der Waals surface area (Å²) in [5, 5.41) is 0.897. The number of carbonyl (C=O) groups excluding carboxylic acids is 1. The van der Waals surface area contributed by atoms with Gasteiger partial charge in [0, 0.05) is 18.7 Å². The Morgan fingerprint density at radius 3 is 2.35 bits per heavy atom. The van der Waals surface area contributed by atoms with E-state index in [1.54, 1.807) is 18.2 Å². The van der Waals surface area contributed by atoms with Crippen LogP contribution >= 0.6 is 23.2 Å². The molecule has 0 radical (unpaired) electrons. The van der Waals surface area contributed by atoms with Crippen molar-refractivity contribution >= 4 is 29.0 Å². The lowest BCUT2D eigenvalue weighted by molar-refractivity contribution is 0.0925. The lowest BCUT2D eigenvalue weighted by Gasteiger charge is -2.22. The van der Waals surface area contributed by atoms with Crippen LogP contribution in [0.1, 0.15) is 23.7 Å². The average Bonchev–Trinajstić information content (AvgIpc) is 2.39. The Labute approximate surface area is 131 Å². The minimum atomic E-state index is 0.0794. The third kappa shape index (κ3) is 5.80. The first-order valence-electron chi connectivity index (χ1n) is 6.79. The summed E-state index contributed by atoms with van der Waals surface area (Å²) in [5.41, 5.74) is 0.616. The molecule has 0 unspecified atom stereocenters. The third-order valence-electron chi connectivity index (χ3n) is 3.01. The van der Waals surface area contributed by atoms with Gasteiger partial charge in [-0.15, -0.1) is 0 Å². The molecule has 0 saturated heterocycles. The van der Waals surface area contributed by atoms with E-state index in [4.69, 9.17) is 23.2 Å². The number of hydrogen-bond donors (Lipinski definition) is 0. The van der Waals surface area contributed by atoms with Crippen LogP contribution in [0.15, 0.2) is 18.2 Å². The van der Waals surface area contributed by atoms with Crippen molar-refractivity contribution in [3.05, 3.63) is 33.8 Å². The molecule has 112 valence electrons. The predicted molar refractivity (Wildman–Crippen MR) is 86.1 cm³/mol. The second-order valence-electron chi connectivity index (χ2n) is 5.13. The molecule has 0 fully saturated rings. The molecule has 1 aromatic rings. The van der Waals surface area contributed by atoms with E-state index in [2.05, 4.69) is 16.7 Å². The molecule has 0 spiro atoms. The highest BCUT2D eigenvalue weighted by Crippen LogP contribution is 2.22. The Morgan fingerprint density at radius 1 is 1.10 bits per heavy atom. The van der Waals surface area contributed by atoms with Gasteiger partial charge in [0.1, 0.15) is 0 Å². The van der Waals surface area contributed by atoms with Gasteiger partial charge in [0.25, 0.3) is 0 Å². The van der Waals surface area contributed by atoms with Crippen molar-refractivity contribution in [2.45, 2.75) is 13.3 Å². The van der Waals surface area contributed by atoms with E-state index in [-0.39, 0.29) is 5.78 Å². The zero-order chi connectivity index (χ0) is 15.1. The molecule has 0 saturated carbocycles. The van der Waals surface area contributed by atoms with Crippen molar-refractivity contribution in [1.82, 2.24) is 9.80 Å². The zero-order valence-corrected chi connectivity index (χ0v) is 13.8. The molecule has 0 aliphatic heterocycles. The summed E-state index contributed by atoms with van der Waals surface area (Å²) in [7, 11) is 4.07. The molecule has 1 aromatic carbocycles. The first-order chi connectivity index (χ1) is 9.43. The predicted octanol–water partition coefficient (Wildman–Crippen LogP) is 3.45. The average molecular weight is 317 g/mol. The van der Waals surface area contributed by atoms with E-state index in [1.807, 2.05) is 14.1 Å². The van der Waals surface area contributed by atoms with Gasteiger partial charge in [0.15, 0.2) is 5.78 Å². The fourth-order valence-electron chi connectivity index (χ4n) is 1.89. The molecule has 0 aliphatic rings. The minimum Gasteiger partial charge on any atom is -0.308 e. The van der Waals surface area contributed by atoms with Gasteiger partial charge in [-0.1, -0.05) is 30.1 Å². The highest BCUT2D eigenvalue weighted by Gasteiger charge is 2.13. The summed E-state index contributed by atoms with van der Waals surface area (Å²) in [4.78, 5) is 16.6. The molecule has 3 nitrogen and oxygen atoms in total. The number of nitrogens with zero attached hydrogens (tertiary/aromatic N) is 2. The van der Waals surface area contributed by atoms with E-state index in [1.165, 1.54) is 0 Å². The molecule has 0 heterocycles. The Hall–Kier alpha value is -0.610. The zero-order valence-electron chi connectivity index (χ0n) is 12.3. The summed E-state index contributed by atoms with van der Waals surface area (Å²) in [6.45, 7) is 5.27. The van der Waals surface area contributed by atoms with Gasteiger partial charge in [0.2, 0.25) is 0 Å². The lowest BCUT2D eigenvalue weighted by Crippen LogP contribution is -2.36. The minimum absolute atomic E-state index is 0.0794. The molecular weight excluding hydrogens is 295 g/mol. The van der Waals surface area contributed by atoms with E-state index >= 15 is 0 Å². The number of ketones is 1. The fraction of sp³-hybridized carbons (Fsp3) is 0.533. The van der Waals surface area contributed by atoms with Gasteiger partial charge in [-0.3, -0.25) is 9.69 Å². The summed E-state index contributed by atoms with van der Waals surface area (Å²) < 4.78 is 0. The van der Waals surface area contributed by atoms with Crippen LogP contribution in [0.3, 0.4) is 0 Å². The quantitative estimate of drug-likeness (QED) is 0.686. The van der Waals surface area contributed by atoms with Crippen molar-refractivity contribution in [3.63, 3.8) is 0 Å². The number of carbonyl (C=O) groups is 1. The van der Waals surface area contributed by atoms with Crippen LogP contribution in [0, 0.1) is 0 Å². The highest BCUT2D eigenvalue weighted by molar-refractivity contribution is 6.42. The van der Waals surface area contributed by atoms with Crippen molar-refractivity contribution in [1.29, 1.82) is 0 Å². The van der Waals surface area contributed by atoms with Crippen LogP contribution in [0.5, 0.6) is 0 Å². The number of Topliss-reactive ketones (excluding diaryl/α,β-unsaturated/α-hetero) is 1. The molecular formula is C15H22Cl2N2O. The van der Waals surface area contributed by atoms with Gasteiger partial charge in [-0.2, -0.15) is 0 Å². The Bertz CT molecular complexity index is 449. The van der Waals surface area contributed by atoms with Crippen molar-refractivity contribution < 1.29 is 4.79 Å². The SMILES string of the molecule is CCCN(CCN(C)C)CC(=O)c1ccc(Cl)c(Cl)c1. The van der Waals surface area contributed by atoms with E-state index in [0.29, 0.717) is 22.2 Å². The van der Waals surface area contributed by atoms with Gasteiger partial charge in [-0.05, 0) is 45.3 Å². The second kappa shape index (κ2) is 8.63. The number of halogens is 2. The Kier molecular flexibility index (Phi) is 7.52. The molecule has 0 bridgehead atoms. The summed E-state index contributed by atoms with van der Waals surface area (Å²) in [6, 6.07) is 5.04. The molecule has 0 aromatic heterocycles. The van der Waals surface area contributed by atoms with E-state index in [9.17, 15) is 4.79 Å². The molecule has 0 aliphatic carbocycles. The van der Waals surface area contributed by atoms with Crippen molar-refractivity contribution in [2.75, 3.05) is 40.3 Å². The van der Waals surface area contributed by atoms with Gasteiger partial charge >= 0.3 is 0 Å². The van der Waals surface area contributed by atoms with Crippen LogP contribution in [0.4, 0.5) is 0 Å². The molecule has 1 rings (SSSR count). The van der Waals surface area contributed by atoms with Crippen molar-refractivity contribution in [3.8, 4) is 0 Å². The lowest BCUT2D eigenvalue weighted by atomic mass is 10.1. The first kappa shape index (κ1) is 17.4. The highest BCUT2D eigenvalue weighted by atomic mass is 35.5. The maximum atomic E-state index is 12.3. The molecule has 20 heavy (non-hydrogen) atoms. The van der Waals surface area contributed by atoms with E-state index < -0.39 is 0 Å². The Balaban J connectivity index is 2.66. The van der Waals surface area contributed by atoms with Crippen LogP contribution in [-0.4, -0.2) is 55.9 Å². The molecule has 5 heteroatoms. The van der Waals surface area contributed by atoms with Gasteiger partial charge < -0.3 is 4.90 Å². The summed E-state index contributed by atoms with van der Waals surface area (Å²) in [6.07, 6.45) is 1.03. The van der Waals surface area contributed by atoms with Crippen molar-refractivity contribution in [2.24, 2.45) is 0 Å². The standard InChI is InChI=1S/C15H22Cl2N2O/c1-4-7-19(9-8-18(2)3)11-15(20)12-5-6-13(16)14(17)10-12/h5-6,10H,4,7-9,11H2,1-3H3. The first-order valence-corrected chi connectivity index (χ1v) is 7.55. The maximum Gasteiger partial charge on any atom is 0.176 e. The van der Waals surface area contributed by atoms with Gasteiger partial charge in [0.05, 0.1) is 16.6 Å². The normalized spacial score (nSPS) is 11.3. The topological polar surface area (TPSA) is 23.6 Å². The van der Waals surface area contributed by atoms with Crippen LogP contribution in [0.2, 0.25) is 10.0 Å². The van der Waals surface area contributed by atoms with Crippen LogP contribution < -0.4 is 0 Å². The second-order valence-corrected chi connectivity index (χ2v) is 5.95. The fourth-order valence-corrected chi connectivity index (χ4v) is 2.19. The number of rotatable bonds is 8. The number of likely N-dealkylation sites (N-methyl/N-ethyl adjacent to an activating group) is 1. The van der Waals surface area contributed by atoms with Crippen LogP contribution in [-0.2, 0) is 0 Å². The summed E-state index contributed by atoms with van der Waals surface area (Å²) in [5.74, 6) is 0.0794. The smallest absolute Gasteiger partial charge is 0.176 e. The largest absolute Gasteiger partial charge is 0.308 e. The monoisotopic (exact) mass is 316 g/mol. The molecule has 0 atom stereocenters. The van der Waals surface area contributed by atoms with E-state index in [0.717, 1.165) is 26.1 Å².